The Morgan fingerprint density at radius 3 is 2.83 bits per heavy atom. The number of nitrogens with one attached hydrogen (secondary N) is 1. The number of pyridine rings is 1. The third-order valence-corrected chi connectivity index (χ3v) is 5.54. The van der Waals surface area contributed by atoms with Crippen molar-refractivity contribution in [3.63, 3.8) is 0 Å². The Kier molecular flexibility index (Phi) is 4.56. The zero-order chi connectivity index (χ0) is 17.3. The Balaban J connectivity index is 1.83. The van der Waals surface area contributed by atoms with Crippen molar-refractivity contribution in [2.24, 2.45) is 5.92 Å². The van der Waals surface area contributed by atoms with Gasteiger partial charge in [-0.2, -0.15) is 0 Å². The van der Waals surface area contributed by atoms with Gasteiger partial charge in [-0.25, -0.2) is 13.1 Å². The molecule has 0 radical (unpaired) electrons. The summed E-state index contributed by atoms with van der Waals surface area (Å²) < 4.78 is 31.7. The maximum Gasteiger partial charge on any atom is 0.266 e. The summed E-state index contributed by atoms with van der Waals surface area (Å²) in [6.07, 6.45) is 0.699. The van der Waals surface area contributed by atoms with E-state index in [0.29, 0.717) is 25.3 Å². The van der Waals surface area contributed by atoms with Crippen molar-refractivity contribution in [2.45, 2.75) is 20.3 Å². The number of carbonyl (C=O) groups excluding carboxylic acids is 1. The van der Waals surface area contributed by atoms with Crippen molar-refractivity contribution in [3.8, 4) is 0 Å². The second-order valence-electron chi connectivity index (χ2n) is 6.26. The molecule has 0 saturated carbocycles. The molecule has 1 N–H and O–H groups in total. The number of nitrogens with zero attached hydrogens (tertiary/aromatic N) is 1. The second-order valence-corrected chi connectivity index (χ2v) is 8.03. The number of sulfonamides is 1. The zero-order valence-corrected chi connectivity index (χ0v) is 14.5. The van der Waals surface area contributed by atoms with Gasteiger partial charge >= 0.3 is 0 Å². The molecule has 6 nitrogen and oxygen atoms in total. The van der Waals surface area contributed by atoms with E-state index in [-0.39, 0.29) is 17.2 Å². The molecule has 0 aliphatic carbocycles. The van der Waals surface area contributed by atoms with Crippen LogP contribution in [0.2, 0.25) is 0 Å². The number of ether oxygens (including phenoxy) is 1. The fourth-order valence-electron chi connectivity index (χ4n) is 2.89. The Labute approximate surface area is 141 Å². The topological polar surface area (TPSA) is 85.4 Å². The second kappa shape index (κ2) is 6.49. The van der Waals surface area contributed by atoms with Crippen LogP contribution in [0.4, 0.5) is 0 Å². The first-order valence-corrected chi connectivity index (χ1v) is 9.50. The summed E-state index contributed by atoms with van der Waals surface area (Å²) in [5.74, 6) is -0.797. The van der Waals surface area contributed by atoms with Crippen molar-refractivity contribution in [1.29, 1.82) is 0 Å². The molecule has 1 saturated heterocycles. The number of hydrogen-bond donors (Lipinski definition) is 1. The van der Waals surface area contributed by atoms with Crippen molar-refractivity contribution in [1.82, 2.24) is 9.71 Å². The Morgan fingerprint density at radius 1 is 1.33 bits per heavy atom. The first kappa shape index (κ1) is 16.9. The van der Waals surface area contributed by atoms with E-state index in [4.69, 9.17) is 4.74 Å². The van der Waals surface area contributed by atoms with Gasteiger partial charge in [0.1, 0.15) is 0 Å². The van der Waals surface area contributed by atoms with E-state index in [1.807, 2.05) is 25.1 Å². The van der Waals surface area contributed by atoms with Crippen LogP contribution < -0.4 is 4.72 Å². The van der Waals surface area contributed by atoms with E-state index in [1.54, 1.807) is 13.0 Å². The van der Waals surface area contributed by atoms with Crippen molar-refractivity contribution in [2.75, 3.05) is 19.0 Å². The molecule has 1 aliphatic heterocycles. The number of hydrogen-bond acceptors (Lipinski definition) is 5. The van der Waals surface area contributed by atoms with Crippen LogP contribution in [0.5, 0.6) is 0 Å². The fraction of sp³-hybridized carbons (Fsp3) is 0.412. The maximum atomic E-state index is 12.4. The Morgan fingerprint density at radius 2 is 2.12 bits per heavy atom. The van der Waals surface area contributed by atoms with E-state index >= 15 is 0 Å². The monoisotopic (exact) mass is 348 g/mol. The highest BCUT2D eigenvalue weighted by atomic mass is 32.2. The fourth-order valence-corrected chi connectivity index (χ4v) is 4.24. The van der Waals surface area contributed by atoms with Gasteiger partial charge in [0.15, 0.2) is 0 Å². The predicted octanol–water partition coefficient (Wildman–Crippen LogP) is 1.95. The highest BCUT2D eigenvalue weighted by molar-refractivity contribution is 7.90. The standard InChI is InChI=1S/C17H20N2O4S/c1-11-3-4-16-14(7-11)8-15(12(2)18-16)17(20)19-24(21,22)10-13-5-6-23-9-13/h3-4,7-8,13H,5-6,9-10H2,1-2H3,(H,19,20). The number of aromatic nitrogens is 1. The molecule has 128 valence electrons. The molecule has 1 amide bonds. The minimum atomic E-state index is -3.70. The molecular formula is C17H20N2O4S. The Bertz CT molecular complexity index is 887. The largest absolute Gasteiger partial charge is 0.381 e. The van der Waals surface area contributed by atoms with E-state index in [9.17, 15) is 13.2 Å². The van der Waals surface area contributed by atoms with E-state index in [2.05, 4.69) is 9.71 Å². The highest BCUT2D eigenvalue weighted by Crippen LogP contribution is 2.19. The average molecular weight is 348 g/mol. The molecule has 1 unspecified atom stereocenters. The quantitative estimate of drug-likeness (QED) is 0.913. The normalized spacial score (nSPS) is 18.0. The number of aryl methyl sites for hydroxylation is 2. The highest BCUT2D eigenvalue weighted by Gasteiger charge is 2.25. The third-order valence-electron chi connectivity index (χ3n) is 4.13. The lowest BCUT2D eigenvalue weighted by atomic mass is 10.1. The summed E-state index contributed by atoms with van der Waals surface area (Å²) in [5.41, 5.74) is 2.61. The van der Waals surface area contributed by atoms with Crippen LogP contribution in [0.15, 0.2) is 24.3 Å². The van der Waals surface area contributed by atoms with Gasteiger partial charge in [-0.15, -0.1) is 0 Å². The molecule has 1 fully saturated rings. The number of amides is 1. The lowest BCUT2D eigenvalue weighted by Gasteiger charge is -2.12. The molecule has 3 rings (SSSR count). The first-order valence-electron chi connectivity index (χ1n) is 7.84. The SMILES string of the molecule is Cc1ccc2nc(C)c(C(=O)NS(=O)(=O)CC3CCOC3)cc2c1. The van der Waals surface area contributed by atoms with Gasteiger partial charge in [0, 0.05) is 17.9 Å². The lowest BCUT2D eigenvalue weighted by molar-refractivity contribution is 0.0980. The molecular weight excluding hydrogens is 328 g/mol. The summed E-state index contributed by atoms with van der Waals surface area (Å²) >= 11 is 0. The predicted molar refractivity (Wildman–Crippen MR) is 91.4 cm³/mol. The summed E-state index contributed by atoms with van der Waals surface area (Å²) in [7, 11) is -3.70. The molecule has 1 aromatic carbocycles. The van der Waals surface area contributed by atoms with Crippen LogP contribution in [-0.4, -0.2) is 38.3 Å². The summed E-state index contributed by atoms with van der Waals surface area (Å²) in [4.78, 5) is 16.8. The van der Waals surface area contributed by atoms with Gasteiger partial charge in [-0.3, -0.25) is 9.78 Å². The number of carbonyl (C=O) groups is 1. The van der Waals surface area contributed by atoms with E-state index < -0.39 is 15.9 Å². The zero-order valence-electron chi connectivity index (χ0n) is 13.7. The van der Waals surface area contributed by atoms with Crippen molar-refractivity contribution in [3.05, 3.63) is 41.1 Å². The number of fused-ring (bicyclic) bond motifs is 1. The van der Waals surface area contributed by atoms with Crippen LogP contribution in [0.25, 0.3) is 10.9 Å². The Hall–Kier alpha value is -1.99. The van der Waals surface area contributed by atoms with Gasteiger partial charge in [0.2, 0.25) is 10.0 Å². The first-order chi connectivity index (χ1) is 11.3. The average Bonchev–Trinajstić information content (AvgIpc) is 2.98. The van der Waals surface area contributed by atoms with Crippen LogP contribution >= 0.6 is 0 Å². The summed E-state index contributed by atoms with van der Waals surface area (Å²) in [5, 5.41) is 0.812. The van der Waals surface area contributed by atoms with E-state index in [1.165, 1.54) is 0 Å². The van der Waals surface area contributed by atoms with Gasteiger partial charge in [-0.05, 0) is 38.5 Å². The molecule has 24 heavy (non-hydrogen) atoms. The smallest absolute Gasteiger partial charge is 0.266 e. The molecule has 1 atom stereocenters. The molecule has 1 aliphatic rings. The molecule has 1 aromatic heterocycles. The van der Waals surface area contributed by atoms with Crippen LogP contribution in [0.3, 0.4) is 0 Å². The number of rotatable bonds is 4. The van der Waals surface area contributed by atoms with Gasteiger partial charge in [0.05, 0.1) is 29.1 Å². The summed E-state index contributed by atoms with van der Waals surface area (Å²) in [6.45, 7) is 4.64. The molecule has 0 bridgehead atoms. The molecule has 7 heteroatoms. The van der Waals surface area contributed by atoms with Crippen LogP contribution in [0, 0.1) is 19.8 Å². The van der Waals surface area contributed by atoms with Gasteiger partial charge in [-0.1, -0.05) is 11.6 Å². The van der Waals surface area contributed by atoms with Crippen LogP contribution in [0.1, 0.15) is 28.0 Å². The van der Waals surface area contributed by atoms with Gasteiger partial charge < -0.3 is 4.74 Å². The van der Waals surface area contributed by atoms with Crippen molar-refractivity contribution >= 4 is 26.8 Å². The third kappa shape index (κ3) is 3.73. The number of benzene rings is 1. The van der Waals surface area contributed by atoms with Gasteiger partial charge in [0.25, 0.3) is 5.91 Å². The maximum absolute atomic E-state index is 12.4. The minimum absolute atomic E-state index is 0.0613. The van der Waals surface area contributed by atoms with E-state index in [0.717, 1.165) is 16.5 Å². The van der Waals surface area contributed by atoms with Crippen molar-refractivity contribution < 1.29 is 17.9 Å². The van der Waals surface area contributed by atoms with Crippen LogP contribution in [-0.2, 0) is 14.8 Å². The lowest BCUT2D eigenvalue weighted by Crippen LogP contribution is -2.35. The molecule has 2 heterocycles. The summed E-state index contributed by atoms with van der Waals surface area (Å²) in [6, 6.07) is 7.44. The minimum Gasteiger partial charge on any atom is -0.381 e. The molecule has 2 aromatic rings. The molecule has 0 spiro atoms.